The van der Waals surface area contributed by atoms with Gasteiger partial charge in [-0.2, -0.15) is 8.78 Å². The van der Waals surface area contributed by atoms with Crippen LogP contribution in [0.5, 0.6) is 0 Å². The molecule has 1 amide bonds. The third-order valence-corrected chi connectivity index (χ3v) is 3.24. The maximum Gasteiger partial charge on any atom is 0.288 e. The molecule has 0 saturated heterocycles. The number of anilines is 1. The second-order valence-electron chi connectivity index (χ2n) is 3.98. The van der Waals surface area contributed by atoms with Crippen molar-refractivity contribution in [1.29, 1.82) is 0 Å². The Hall–Kier alpha value is -2.02. The number of benzene rings is 2. The predicted molar refractivity (Wildman–Crippen MR) is 72.6 cm³/mol. The predicted octanol–water partition coefficient (Wildman–Crippen LogP) is 4.53. The Bertz CT molecular complexity index is 646. The van der Waals surface area contributed by atoms with Crippen LogP contribution < -0.4 is 5.32 Å². The molecule has 0 atom stereocenters. The van der Waals surface area contributed by atoms with Gasteiger partial charge in [0.1, 0.15) is 11.6 Å². The lowest BCUT2D eigenvalue weighted by Crippen LogP contribution is -2.13. The van der Waals surface area contributed by atoms with Gasteiger partial charge in [0.2, 0.25) is 0 Å². The molecule has 0 saturated carbocycles. The number of nitrogens with one attached hydrogen (secondary N) is 1. The first kappa shape index (κ1) is 15.4. The van der Waals surface area contributed by atoms with Gasteiger partial charge in [0.25, 0.3) is 11.7 Å². The highest BCUT2D eigenvalue weighted by Gasteiger charge is 2.11. The first-order valence-corrected chi connectivity index (χ1v) is 6.65. The van der Waals surface area contributed by atoms with Crippen LogP contribution in [0.2, 0.25) is 0 Å². The van der Waals surface area contributed by atoms with Crippen molar-refractivity contribution < 1.29 is 22.4 Å². The first-order valence-electron chi connectivity index (χ1n) is 5.77. The topological polar surface area (TPSA) is 29.1 Å². The minimum atomic E-state index is -2.54. The second kappa shape index (κ2) is 6.62. The van der Waals surface area contributed by atoms with Crippen LogP contribution in [-0.4, -0.2) is 11.7 Å². The lowest BCUT2D eigenvalue weighted by molar-refractivity contribution is 0.102. The normalized spacial score (nSPS) is 10.7. The third-order valence-electron chi connectivity index (χ3n) is 2.52. The Labute approximate surface area is 122 Å². The van der Waals surface area contributed by atoms with E-state index in [1.54, 1.807) is 0 Å². The van der Waals surface area contributed by atoms with Crippen molar-refractivity contribution in [3.05, 3.63) is 59.7 Å². The Morgan fingerprint density at radius 1 is 1.05 bits per heavy atom. The molecule has 2 aromatic carbocycles. The Morgan fingerprint density at radius 3 is 2.29 bits per heavy atom. The van der Waals surface area contributed by atoms with E-state index in [2.05, 4.69) is 5.32 Å². The number of hydrogen-bond acceptors (Lipinski definition) is 2. The highest BCUT2D eigenvalue weighted by molar-refractivity contribution is 7.99. The highest BCUT2D eigenvalue weighted by Crippen LogP contribution is 2.25. The molecule has 0 radical (unpaired) electrons. The summed E-state index contributed by atoms with van der Waals surface area (Å²) in [6, 6.07) is 8.20. The van der Waals surface area contributed by atoms with Crippen LogP contribution in [0.4, 0.5) is 23.2 Å². The summed E-state index contributed by atoms with van der Waals surface area (Å²) in [5, 5.41) is 2.28. The summed E-state index contributed by atoms with van der Waals surface area (Å²) in [7, 11) is 0. The van der Waals surface area contributed by atoms with Gasteiger partial charge in [0.05, 0.1) is 5.69 Å². The fourth-order valence-electron chi connectivity index (χ4n) is 1.57. The Morgan fingerprint density at radius 2 is 1.71 bits per heavy atom. The van der Waals surface area contributed by atoms with E-state index in [0.717, 1.165) is 12.1 Å². The lowest BCUT2D eigenvalue weighted by Gasteiger charge is -2.07. The van der Waals surface area contributed by atoms with Crippen molar-refractivity contribution in [3.8, 4) is 0 Å². The van der Waals surface area contributed by atoms with Gasteiger partial charge in [-0.15, -0.1) is 0 Å². The van der Waals surface area contributed by atoms with E-state index in [0.29, 0.717) is 22.7 Å². The van der Waals surface area contributed by atoms with Crippen molar-refractivity contribution >= 4 is 23.4 Å². The summed E-state index contributed by atoms with van der Waals surface area (Å²) < 4.78 is 50.4. The third kappa shape index (κ3) is 4.22. The monoisotopic (exact) mass is 315 g/mol. The van der Waals surface area contributed by atoms with E-state index < -0.39 is 23.3 Å². The number of amides is 1. The van der Waals surface area contributed by atoms with Crippen molar-refractivity contribution in [1.82, 2.24) is 0 Å². The number of carbonyl (C=O) groups is 1. The van der Waals surface area contributed by atoms with Crippen molar-refractivity contribution in [2.45, 2.75) is 10.7 Å². The molecule has 0 heterocycles. The molecular formula is C14H9F4NOS. The number of hydrogen-bond donors (Lipinski definition) is 1. The van der Waals surface area contributed by atoms with E-state index >= 15 is 0 Å². The van der Waals surface area contributed by atoms with E-state index in [1.165, 1.54) is 24.3 Å². The first-order chi connectivity index (χ1) is 9.95. The molecule has 0 aliphatic heterocycles. The summed E-state index contributed by atoms with van der Waals surface area (Å²) in [4.78, 5) is 12.2. The van der Waals surface area contributed by atoms with E-state index in [4.69, 9.17) is 0 Å². The van der Waals surface area contributed by atoms with Gasteiger partial charge in [-0.25, -0.2) is 8.78 Å². The number of rotatable bonds is 4. The molecule has 0 aliphatic carbocycles. The quantitative estimate of drug-likeness (QED) is 0.663. The molecule has 110 valence electrons. The van der Waals surface area contributed by atoms with Gasteiger partial charge < -0.3 is 5.32 Å². The zero-order valence-electron chi connectivity index (χ0n) is 10.4. The zero-order chi connectivity index (χ0) is 15.4. The minimum Gasteiger partial charge on any atom is -0.319 e. The summed E-state index contributed by atoms with van der Waals surface area (Å²) in [5.41, 5.74) is 0.0183. The van der Waals surface area contributed by atoms with E-state index in [-0.39, 0.29) is 11.3 Å². The van der Waals surface area contributed by atoms with Crippen LogP contribution in [0.1, 0.15) is 10.4 Å². The smallest absolute Gasteiger partial charge is 0.288 e. The van der Waals surface area contributed by atoms with Gasteiger partial charge in [-0.05, 0) is 36.4 Å². The number of alkyl halides is 2. The van der Waals surface area contributed by atoms with Crippen molar-refractivity contribution in [2.75, 3.05) is 5.32 Å². The maximum absolute atomic E-state index is 13.4. The van der Waals surface area contributed by atoms with Gasteiger partial charge in [0.15, 0.2) is 0 Å². The molecule has 0 unspecified atom stereocenters. The molecule has 21 heavy (non-hydrogen) atoms. The molecule has 7 heteroatoms. The fraction of sp³-hybridized carbons (Fsp3) is 0.0714. The molecule has 0 fully saturated rings. The van der Waals surface area contributed by atoms with Crippen LogP contribution in [0, 0.1) is 11.6 Å². The number of halogens is 4. The van der Waals surface area contributed by atoms with Crippen LogP contribution >= 0.6 is 11.8 Å². The number of carbonyl (C=O) groups excluding carboxylic acids is 1. The fourth-order valence-corrected chi connectivity index (χ4v) is 2.07. The molecule has 0 aliphatic rings. The molecule has 0 aromatic heterocycles. The summed E-state index contributed by atoms with van der Waals surface area (Å²) in [5.74, 6) is -4.81. The van der Waals surface area contributed by atoms with Crippen molar-refractivity contribution in [3.63, 3.8) is 0 Å². The molecule has 2 aromatic rings. The van der Waals surface area contributed by atoms with Gasteiger partial charge in [-0.3, -0.25) is 4.79 Å². The van der Waals surface area contributed by atoms with Crippen LogP contribution in [0.15, 0.2) is 47.4 Å². The molecule has 1 N–H and O–H groups in total. The number of thioether (sulfide) groups is 1. The minimum absolute atomic E-state index is 0.160. The van der Waals surface area contributed by atoms with Gasteiger partial charge in [-0.1, -0.05) is 11.8 Å². The Balaban J connectivity index is 2.09. The lowest BCUT2D eigenvalue weighted by atomic mass is 10.2. The summed E-state index contributed by atoms with van der Waals surface area (Å²) in [6.45, 7) is 0. The average Bonchev–Trinajstić information content (AvgIpc) is 2.42. The largest absolute Gasteiger partial charge is 0.319 e. The van der Waals surface area contributed by atoms with E-state index in [1.807, 2.05) is 0 Å². The molecule has 0 bridgehead atoms. The zero-order valence-corrected chi connectivity index (χ0v) is 11.3. The molecule has 2 nitrogen and oxygen atoms in total. The second-order valence-corrected chi connectivity index (χ2v) is 5.04. The highest BCUT2D eigenvalue weighted by atomic mass is 32.2. The summed E-state index contributed by atoms with van der Waals surface area (Å²) in [6.07, 6.45) is 0. The van der Waals surface area contributed by atoms with Gasteiger partial charge >= 0.3 is 0 Å². The van der Waals surface area contributed by atoms with Crippen LogP contribution in [-0.2, 0) is 0 Å². The standard InChI is InChI=1S/C14H9F4NOS/c15-9-3-6-12(11(16)7-9)19-13(20)8-1-4-10(5-2-8)21-14(17)18/h1-7,14H,(H,19,20). The molecule has 2 rings (SSSR count). The average molecular weight is 315 g/mol. The molecule has 0 spiro atoms. The van der Waals surface area contributed by atoms with Crippen molar-refractivity contribution in [2.24, 2.45) is 0 Å². The maximum atomic E-state index is 13.4. The van der Waals surface area contributed by atoms with Crippen LogP contribution in [0.25, 0.3) is 0 Å². The Kier molecular flexibility index (Phi) is 4.85. The van der Waals surface area contributed by atoms with Gasteiger partial charge in [0, 0.05) is 16.5 Å². The van der Waals surface area contributed by atoms with E-state index in [9.17, 15) is 22.4 Å². The SMILES string of the molecule is O=C(Nc1ccc(F)cc1F)c1ccc(SC(F)F)cc1. The van der Waals surface area contributed by atoms with Crippen LogP contribution in [0.3, 0.4) is 0 Å². The molecular weight excluding hydrogens is 306 g/mol. The summed E-state index contributed by atoms with van der Waals surface area (Å²) >= 11 is 0.360.